The van der Waals surface area contributed by atoms with E-state index in [1.165, 1.54) is 0 Å². The smallest absolute Gasteiger partial charge is 0.227 e. The number of amides is 1. The Kier molecular flexibility index (Phi) is 4.47. The predicted octanol–water partition coefficient (Wildman–Crippen LogP) is 0.119. The van der Waals surface area contributed by atoms with E-state index in [1.54, 1.807) is 0 Å². The van der Waals surface area contributed by atoms with Crippen molar-refractivity contribution in [3.63, 3.8) is 0 Å². The summed E-state index contributed by atoms with van der Waals surface area (Å²) in [4.78, 5) is 14.0. The van der Waals surface area contributed by atoms with Crippen LogP contribution in [0.3, 0.4) is 0 Å². The van der Waals surface area contributed by atoms with Gasteiger partial charge in [0.2, 0.25) is 5.91 Å². The van der Waals surface area contributed by atoms with Gasteiger partial charge in [0.1, 0.15) is 0 Å². The highest BCUT2D eigenvalue weighted by Crippen LogP contribution is 2.15. The molecule has 0 radical (unpaired) electrons. The van der Waals surface area contributed by atoms with E-state index in [1.807, 2.05) is 0 Å². The van der Waals surface area contributed by atoms with Crippen LogP contribution in [0.15, 0.2) is 0 Å². The van der Waals surface area contributed by atoms with Crippen LogP contribution < -0.4 is 11.1 Å². The Balaban J connectivity index is 2.38. The van der Waals surface area contributed by atoms with Crippen molar-refractivity contribution < 1.29 is 4.79 Å². The van der Waals surface area contributed by atoms with Gasteiger partial charge in [0.15, 0.2) is 0 Å². The Morgan fingerprint density at radius 3 is 2.87 bits per heavy atom. The number of thiocarbonyl (C=S) groups is 1. The van der Waals surface area contributed by atoms with Crippen LogP contribution in [0.1, 0.15) is 19.8 Å². The van der Waals surface area contributed by atoms with Crippen LogP contribution in [-0.4, -0.2) is 42.0 Å². The minimum absolute atomic E-state index is 0.0519. The number of nitrogens with two attached hydrogens (primary N) is 1. The van der Waals surface area contributed by atoms with Crippen LogP contribution >= 0.6 is 12.2 Å². The molecule has 0 aromatic rings. The second-order valence-electron chi connectivity index (χ2n) is 4.35. The maximum atomic E-state index is 11.5. The molecular weight excluding hydrogens is 210 g/mol. The first-order chi connectivity index (χ1) is 6.99. The average Bonchev–Trinajstić information content (AvgIpc) is 2.08. The molecule has 1 fully saturated rings. The van der Waals surface area contributed by atoms with Crippen LogP contribution in [0.25, 0.3) is 0 Å². The van der Waals surface area contributed by atoms with E-state index in [-0.39, 0.29) is 23.4 Å². The molecule has 0 bridgehead atoms. The summed E-state index contributed by atoms with van der Waals surface area (Å²) < 4.78 is 0. The van der Waals surface area contributed by atoms with Gasteiger partial charge in [-0.1, -0.05) is 19.1 Å². The number of carbonyl (C=O) groups excluding carboxylic acids is 1. The minimum Gasteiger partial charge on any atom is -0.393 e. The molecule has 4 nitrogen and oxygen atoms in total. The lowest BCUT2D eigenvalue weighted by molar-refractivity contribution is -0.121. The first kappa shape index (κ1) is 12.4. The number of likely N-dealkylation sites (tertiary alicyclic amines) is 1. The average molecular weight is 229 g/mol. The van der Waals surface area contributed by atoms with Crippen molar-refractivity contribution >= 4 is 23.1 Å². The molecule has 1 rings (SSSR count). The van der Waals surface area contributed by atoms with Crippen molar-refractivity contribution in [1.29, 1.82) is 0 Å². The number of piperidine rings is 1. The Morgan fingerprint density at radius 2 is 2.33 bits per heavy atom. The number of hydrogen-bond acceptors (Lipinski definition) is 3. The van der Waals surface area contributed by atoms with E-state index >= 15 is 0 Å². The molecule has 1 heterocycles. The highest BCUT2D eigenvalue weighted by molar-refractivity contribution is 7.80. The molecule has 1 amide bonds. The highest BCUT2D eigenvalue weighted by atomic mass is 32.1. The van der Waals surface area contributed by atoms with Gasteiger partial charge >= 0.3 is 0 Å². The Morgan fingerprint density at radius 1 is 1.67 bits per heavy atom. The van der Waals surface area contributed by atoms with Crippen molar-refractivity contribution in [3.05, 3.63) is 0 Å². The summed E-state index contributed by atoms with van der Waals surface area (Å²) in [5, 5.41) is 2.99. The molecule has 5 heteroatoms. The molecule has 1 aliphatic rings. The lowest BCUT2D eigenvalue weighted by Gasteiger charge is -2.35. The monoisotopic (exact) mass is 229 g/mol. The van der Waals surface area contributed by atoms with Gasteiger partial charge in [-0.3, -0.25) is 4.79 Å². The van der Waals surface area contributed by atoms with Crippen LogP contribution in [0.5, 0.6) is 0 Å². The van der Waals surface area contributed by atoms with E-state index in [4.69, 9.17) is 18.0 Å². The fourth-order valence-corrected chi connectivity index (χ4v) is 2.12. The molecule has 1 aliphatic heterocycles. The van der Waals surface area contributed by atoms with Crippen molar-refractivity contribution in [1.82, 2.24) is 10.2 Å². The zero-order chi connectivity index (χ0) is 11.4. The zero-order valence-corrected chi connectivity index (χ0v) is 10.1. The summed E-state index contributed by atoms with van der Waals surface area (Å²) in [5.74, 6) is 0.433. The first-order valence-corrected chi connectivity index (χ1v) is 5.66. The maximum Gasteiger partial charge on any atom is 0.227 e. The molecule has 0 saturated carbocycles. The first-order valence-electron chi connectivity index (χ1n) is 5.25. The van der Waals surface area contributed by atoms with E-state index in [0.717, 1.165) is 19.5 Å². The molecule has 2 atom stereocenters. The van der Waals surface area contributed by atoms with Gasteiger partial charge in [-0.05, 0) is 25.9 Å². The molecule has 0 aromatic carbocycles. The highest BCUT2D eigenvalue weighted by Gasteiger charge is 2.25. The molecule has 0 spiro atoms. The van der Waals surface area contributed by atoms with Crippen LogP contribution in [0.2, 0.25) is 0 Å². The number of carbonyl (C=O) groups is 1. The van der Waals surface area contributed by atoms with Gasteiger partial charge in [-0.15, -0.1) is 0 Å². The second kappa shape index (κ2) is 5.42. The van der Waals surface area contributed by atoms with Gasteiger partial charge in [-0.25, -0.2) is 0 Å². The lowest BCUT2D eigenvalue weighted by atomic mass is 9.94. The number of nitrogens with one attached hydrogen (secondary N) is 1. The zero-order valence-electron chi connectivity index (χ0n) is 9.32. The predicted molar refractivity (Wildman–Crippen MR) is 64.6 cm³/mol. The van der Waals surface area contributed by atoms with Gasteiger partial charge in [0, 0.05) is 12.6 Å². The van der Waals surface area contributed by atoms with Gasteiger partial charge in [0.05, 0.1) is 11.4 Å². The molecule has 86 valence electrons. The van der Waals surface area contributed by atoms with Crippen molar-refractivity contribution in [2.24, 2.45) is 11.7 Å². The molecule has 0 aromatic heterocycles. The third-order valence-electron chi connectivity index (χ3n) is 2.79. The summed E-state index contributed by atoms with van der Waals surface area (Å²) in [7, 11) is 2.10. The maximum absolute atomic E-state index is 11.5. The third kappa shape index (κ3) is 4.13. The topological polar surface area (TPSA) is 58.4 Å². The normalized spacial score (nSPS) is 27.3. The van der Waals surface area contributed by atoms with Crippen LogP contribution in [-0.2, 0) is 4.79 Å². The number of nitrogens with zero attached hydrogens (tertiary/aromatic N) is 1. The van der Waals surface area contributed by atoms with Gasteiger partial charge in [-0.2, -0.15) is 0 Å². The Bertz CT molecular complexity index is 257. The van der Waals surface area contributed by atoms with Gasteiger partial charge < -0.3 is 16.0 Å². The van der Waals surface area contributed by atoms with Gasteiger partial charge in [0.25, 0.3) is 0 Å². The van der Waals surface area contributed by atoms with E-state index in [9.17, 15) is 4.79 Å². The molecular formula is C10H19N3OS. The van der Waals surface area contributed by atoms with E-state index in [0.29, 0.717) is 5.92 Å². The molecule has 3 N–H and O–H groups in total. The molecule has 2 unspecified atom stereocenters. The van der Waals surface area contributed by atoms with Crippen molar-refractivity contribution in [2.75, 3.05) is 20.1 Å². The number of rotatable bonds is 3. The van der Waals surface area contributed by atoms with E-state index in [2.05, 4.69) is 24.2 Å². The van der Waals surface area contributed by atoms with Crippen LogP contribution in [0, 0.1) is 5.92 Å². The van der Waals surface area contributed by atoms with E-state index < -0.39 is 0 Å². The summed E-state index contributed by atoms with van der Waals surface area (Å²) in [5.41, 5.74) is 5.32. The van der Waals surface area contributed by atoms with Crippen molar-refractivity contribution in [2.45, 2.75) is 25.8 Å². The molecule has 1 saturated heterocycles. The lowest BCUT2D eigenvalue weighted by Crippen LogP contribution is -2.49. The fraction of sp³-hybridized carbons (Fsp3) is 0.800. The molecule has 15 heavy (non-hydrogen) atoms. The Hall–Kier alpha value is -0.680. The summed E-state index contributed by atoms with van der Waals surface area (Å²) >= 11 is 4.70. The summed E-state index contributed by atoms with van der Waals surface area (Å²) in [6.45, 7) is 4.21. The molecule has 0 aliphatic carbocycles. The summed E-state index contributed by atoms with van der Waals surface area (Å²) in [6.07, 6.45) is 1.16. The van der Waals surface area contributed by atoms with Crippen molar-refractivity contribution in [3.8, 4) is 0 Å². The second-order valence-corrected chi connectivity index (χ2v) is 4.87. The Labute approximate surface area is 96.2 Å². The SMILES string of the molecule is CC1CN(C)CCC1NC(=O)CC(N)=S. The standard InChI is InChI=1S/C10H19N3OS/c1-7-6-13(2)4-3-8(7)12-10(14)5-9(11)15/h7-8H,3-6H2,1-2H3,(H2,11,15)(H,12,14). The quantitative estimate of drug-likeness (QED) is 0.675. The minimum atomic E-state index is -0.0519. The number of hydrogen-bond donors (Lipinski definition) is 2. The van der Waals surface area contributed by atoms with Crippen LogP contribution in [0.4, 0.5) is 0 Å². The fourth-order valence-electron chi connectivity index (χ4n) is 1.98. The summed E-state index contributed by atoms with van der Waals surface area (Å²) in [6, 6.07) is 0.267. The third-order valence-corrected chi connectivity index (χ3v) is 2.93. The largest absolute Gasteiger partial charge is 0.393 e.